The van der Waals surface area contributed by atoms with Crippen LogP contribution < -0.4 is 15.6 Å². The molecule has 0 amide bonds. The molecular weight excluding hydrogens is 360 g/mol. The molecule has 3 N–H and O–H groups in total. The molecule has 27 heavy (non-hydrogen) atoms. The van der Waals surface area contributed by atoms with Gasteiger partial charge in [0.2, 0.25) is 0 Å². The molecule has 2 unspecified atom stereocenters. The third-order valence-corrected chi connectivity index (χ3v) is 5.27. The van der Waals surface area contributed by atoms with Crippen LogP contribution in [0.1, 0.15) is 28.7 Å². The molecule has 5 heteroatoms. The van der Waals surface area contributed by atoms with Crippen molar-refractivity contribution >= 4 is 11.6 Å². The Balaban J connectivity index is 1.51. The van der Waals surface area contributed by atoms with E-state index in [9.17, 15) is 5.11 Å². The van der Waals surface area contributed by atoms with Gasteiger partial charge in [0.15, 0.2) is 0 Å². The summed E-state index contributed by atoms with van der Waals surface area (Å²) in [5.74, 6) is 1.07. The second-order valence-corrected chi connectivity index (χ2v) is 7.03. The quantitative estimate of drug-likeness (QED) is 0.607. The van der Waals surface area contributed by atoms with E-state index in [1.807, 2.05) is 54.6 Å². The number of ether oxygens (including phenoxy) is 1. The number of aromatic hydroxyl groups is 1. The average molecular weight is 381 g/mol. The van der Waals surface area contributed by atoms with Crippen LogP contribution in [0.4, 0.5) is 0 Å². The summed E-state index contributed by atoms with van der Waals surface area (Å²) < 4.78 is 5.80. The molecule has 1 fully saturated rings. The van der Waals surface area contributed by atoms with E-state index in [4.69, 9.17) is 16.3 Å². The Morgan fingerprint density at radius 2 is 1.78 bits per heavy atom. The van der Waals surface area contributed by atoms with Crippen LogP contribution in [0.15, 0.2) is 72.8 Å². The highest BCUT2D eigenvalue weighted by Crippen LogP contribution is 2.38. The molecule has 4 rings (SSSR count). The molecule has 1 aliphatic heterocycles. The number of halogens is 1. The summed E-state index contributed by atoms with van der Waals surface area (Å²) in [6.07, 6.45) is 0. The van der Waals surface area contributed by atoms with Crippen LogP contribution in [0.2, 0.25) is 5.02 Å². The lowest BCUT2D eigenvalue weighted by molar-refractivity contribution is 0.304. The fourth-order valence-electron chi connectivity index (χ4n) is 3.46. The second-order valence-electron chi connectivity index (χ2n) is 6.62. The minimum absolute atomic E-state index is 0.00924. The van der Waals surface area contributed by atoms with E-state index in [1.54, 1.807) is 6.07 Å². The lowest BCUT2D eigenvalue weighted by atomic mass is 9.88. The highest BCUT2D eigenvalue weighted by Gasteiger charge is 2.31. The summed E-state index contributed by atoms with van der Waals surface area (Å²) in [4.78, 5) is 0. The van der Waals surface area contributed by atoms with E-state index in [-0.39, 0.29) is 17.7 Å². The zero-order valence-corrected chi connectivity index (χ0v) is 15.5. The van der Waals surface area contributed by atoms with Gasteiger partial charge in [-0.2, -0.15) is 0 Å². The Morgan fingerprint density at radius 1 is 1.00 bits per heavy atom. The van der Waals surface area contributed by atoms with Crippen molar-refractivity contribution in [2.75, 3.05) is 6.54 Å². The summed E-state index contributed by atoms with van der Waals surface area (Å²) in [7, 11) is 0. The molecule has 1 saturated heterocycles. The summed E-state index contributed by atoms with van der Waals surface area (Å²) in [5.41, 5.74) is 9.48. The van der Waals surface area contributed by atoms with Crippen molar-refractivity contribution in [2.45, 2.75) is 18.6 Å². The predicted octanol–water partition coefficient (Wildman–Crippen LogP) is 4.56. The molecule has 4 nitrogen and oxygen atoms in total. The Bertz CT molecular complexity index is 917. The molecular formula is C22H21ClN2O2. The van der Waals surface area contributed by atoms with Gasteiger partial charge in [-0.25, -0.2) is 5.43 Å². The highest BCUT2D eigenvalue weighted by atomic mass is 35.5. The number of rotatable bonds is 5. The Hall–Kier alpha value is -2.53. The zero-order chi connectivity index (χ0) is 18.6. The van der Waals surface area contributed by atoms with Crippen molar-refractivity contribution < 1.29 is 9.84 Å². The molecule has 0 aromatic heterocycles. The number of benzene rings is 3. The first-order valence-electron chi connectivity index (χ1n) is 8.95. The molecule has 1 aliphatic rings. The first kappa shape index (κ1) is 17.9. The number of nitrogens with one attached hydrogen (secondary N) is 2. The molecule has 138 valence electrons. The minimum atomic E-state index is -0.00924. The van der Waals surface area contributed by atoms with E-state index >= 15 is 0 Å². The molecule has 0 bridgehead atoms. The summed E-state index contributed by atoms with van der Waals surface area (Å²) in [6, 6.07) is 23.3. The predicted molar refractivity (Wildman–Crippen MR) is 107 cm³/mol. The maximum absolute atomic E-state index is 10.6. The van der Waals surface area contributed by atoms with Crippen molar-refractivity contribution in [1.82, 2.24) is 10.9 Å². The normalized spacial score (nSPS) is 19.1. The van der Waals surface area contributed by atoms with E-state index in [1.165, 1.54) is 5.56 Å². The monoisotopic (exact) mass is 380 g/mol. The van der Waals surface area contributed by atoms with E-state index in [0.29, 0.717) is 17.4 Å². The first-order chi connectivity index (χ1) is 13.2. The summed E-state index contributed by atoms with van der Waals surface area (Å²) in [6.45, 7) is 1.16. The maximum atomic E-state index is 10.6. The van der Waals surface area contributed by atoms with Gasteiger partial charge in [0.1, 0.15) is 18.1 Å². The third-order valence-electron chi connectivity index (χ3n) is 4.90. The molecule has 3 aromatic carbocycles. The van der Waals surface area contributed by atoms with Gasteiger partial charge in [-0.15, -0.1) is 0 Å². The third kappa shape index (κ3) is 3.93. The number of phenolic OH excluding ortho intramolecular Hbond substituents is 1. The van der Waals surface area contributed by atoms with Crippen LogP contribution in [0.3, 0.4) is 0 Å². The molecule has 0 saturated carbocycles. The van der Waals surface area contributed by atoms with Gasteiger partial charge < -0.3 is 9.84 Å². The van der Waals surface area contributed by atoms with Crippen molar-refractivity contribution in [3.05, 3.63) is 94.5 Å². The summed E-state index contributed by atoms with van der Waals surface area (Å²) >= 11 is 6.16. The molecule has 0 spiro atoms. The number of hydrogen-bond acceptors (Lipinski definition) is 4. The minimum Gasteiger partial charge on any atom is -0.507 e. The Morgan fingerprint density at radius 3 is 2.56 bits per heavy atom. The molecule has 0 aliphatic carbocycles. The fourth-order valence-corrected chi connectivity index (χ4v) is 3.65. The van der Waals surface area contributed by atoms with Crippen molar-refractivity contribution in [3.8, 4) is 11.5 Å². The SMILES string of the molecule is Oc1cc(OCc2ccccc2Cl)ccc1C1NNCC1c1ccccc1. The molecule has 2 atom stereocenters. The topological polar surface area (TPSA) is 53.5 Å². The van der Waals surface area contributed by atoms with Crippen LogP contribution >= 0.6 is 11.6 Å². The fraction of sp³-hybridized carbons (Fsp3) is 0.182. The van der Waals surface area contributed by atoms with Crippen molar-refractivity contribution in [2.24, 2.45) is 0 Å². The van der Waals surface area contributed by atoms with Crippen LogP contribution in [0, 0.1) is 0 Å². The number of hydrogen-bond donors (Lipinski definition) is 3. The lowest BCUT2D eigenvalue weighted by Crippen LogP contribution is -2.25. The Kier molecular flexibility index (Phi) is 5.30. The first-order valence-corrected chi connectivity index (χ1v) is 9.32. The molecule has 1 heterocycles. The smallest absolute Gasteiger partial charge is 0.124 e. The number of phenols is 1. The van der Waals surface area contributed by atoms with Gasteiger partial charge in [0.25, 0.3) is 0 Å². The average Bonchev–Trinajstić information content (AvgIpc) is 3.18. The number of hydrazine groups is 1. The van der Waals surface area contributed by atoms with Gasteiger partial charge in [-0.3, -0.25) is 5.43 Å². The van der Waals surface area contributed by atoms with E-state index in [0.717, 1.165) is 17.7 Å². The van der Waals surface area contributed by atoms with Crippen LogP contribution in [-0.4, -0.2) is 11.7 Å². The van der Waals surface area contributed by atoms with Crippen LogP contribution in [0.5, 0.6) is 11.5 Å². The molecule has 0 radical (unpaired) electrons. The van der Waals surface area contributed by atoms with Gasteiger partial charge in [0.05, 0.1) is 6.04 Å². The lowest BCUT2D eigenvalue weighted by Gasteiger charge is -2.20. The summed E-state index contributed by atoms with van der Waals surface area (Å²) in [5, 5.41) is 11.3. The maximum Gasteiger partial charge on any atom is 0.124 e. The molecule has 3 aromatic rings. The van der Waals surface area contributed by atoms with Crippen LogP contribution in [0.25, 0.3) is 0 Å². The van der Waals surface area contributed by atoms with Gasteiger partial charge >= 0.3 is 0 Å². The van der Waals surface area contributed by atoms with Crippen LogP contribution in [-0.2, 0) is 6.61 Å². The van der Waals surface area contributed by atoms with Crippen molar-refractivity contribution in [3.63, 3.8) is 0 Å². The van der Waals surface area contributed by atoms with E-state index < -0.39 is 0 Å². The van der Waals surface area contributed by atoms with Crippen molar-refractivity contribution in [1.29, 1.82) is 0 Å². The Labute approximate surface area is 163 Å². The van der Waals surface area contributed by atoms with Gasteiger partial charge in [-0.1, -0.05) is 66.2 Å². The second kappa shape index (κ2) is 8.01. The highest BCUT2D eigenvalue weighted by molar-refractivity contribution is 6.31. The standard InChI is InChI=1S/C22H21ClN2O2/c23-20-9-5-4-8-16(20)14-27-17-10-11-18(21(26)12-17)22-19(13-24-25-22)15-6-2-1-3-7-15/h1-12,19,22,24-26H,13-14H2. The van der Waals surface area contributed by atoms with Gasteiger partial charge in [0, 0.05) is 34.7 Å². The largest absolute Gasteiger partial charge is 0.507 e. The van der Waals surface area contributed by atoms with E-state index in [2.05, 4.69) is 23.0 Å². The zero-order valence-electron chi connectivity index (χ0n) is 14.7. The van der Waals surface area contributed by atoms with Gasteiger partial charge in [-0.05, 0) is 17.7 Å².